The SMILES string of the molecule is CNC(=O)N(C)CCCCCCN(C)C(=O)NC. The number of hydrogen-bond donors (Lipinski definition) is 2. The van der Waals surface area contributed by atoms with Crippen LogP contribution < -0.4 is 10.6 Å². The molecule has 0 heterocycles. The van der Waals surface area contributed by atoms with E-state index in [1.807, 2.05) is 0 Å². The van der Waals surface area contributed by atoms with Crippen molar-refractivity contribution in [3.8, 4) is 0 Å². The molecular weight excluding hydrogens is 232 g/mol. The van der Waals surface area contributed by atoms with Crippen molar-refractivity contribution in [1.29, 1.82) is 0 Å². The van der Waals surface area contributed by atoms with Crippen LogP contribution in [0.5, 0.6) is 0 Å². The summed E-state index contributed by atoms with van der Waals surface area (Å²) in [5, 5.41) is 5.17. The van der Waals surface area contributed by atoms with Crippen LogP contribution in [-0.4, -0.2) is 63.1 Å². The Kier molecular flexibility index (Phi) is 8.78. The van der Waals surface area contributed by atoms with E-state index in [1.165, 1.54) is 0 Å². The topological polar surface area (TPSA) is 64.7 Å². The van der Waals surface area contributed by atoms with E-state index in [2.05, 4.69) is 10.6 Å². The van der Waals surface area contributed by atoms with E-state index in [-0.39, 0.29) is 12.1 Å². The highest BCUT2D eigenvalue weighted by molar-refractivity contribution is 5.73. The van der Waals surface area contributed by atoms with Gasteiger partial charge in [-0.25, -0.2) is 9.59 Å². The first-order valence-corrected chi connectivity index (χ1v) is 6.38. The van der Waals surface area contributed by atoms with Gasteiger partial charge in [0.2, 0.25) is 0 Å². The van der Waals surface area contributed by atoms with Gasteiger partial charge in [-0.1, -0.05) is 12.8 Å². The number of urea groups is 2. The summed E-state index contributed by atoms with van der Waals surface area (Å²) in [5.41, 5.74) is 0. The minimum absolute atomic E-state index is 0.0469. The van der Waals surface area contributed by atoms with Crippen molar-refractivity contribution in [2.24, 2.45) is 0 Å². The highest BCUT2D eigenvalue weighted by Crippen LogP contribution is 2.02. The average molecular weight is 258 g/mol. The highest BCUT2D eigenvalue weighted by Gasteiger charge is 2.06. The predicted molar refractivity (Wildman–Crippen MR) is 72.6 cm³/mol. The van der Waals surface area contributed by atoms with E-state index in [0.717, 1.165) is 38.8 Å². The summed E-state index contributed by atoms with van der Waals surface area (Å²) in [5.74, 6) is 0. The van der Waals surface area contributed by atoms with E-state index in [9.17, 15) is 9.59 Å². The van der Waals surface area contributed by atoms with E-state index in [4.69, 9.17) is 0 Å². The molecule has 0 saturated heterocycles. The molecule has 0 aliphatic heterocycles. The van der Waals surface area contributed by atoms with Gasteiger partial charge in [0.05, 0.1) is 0 Å². The zero-order chi connectivity index (χ0) is 14.0. The zero-order valence-electron chi connectivity index (χ0n) is 12.0. The molecule has 0 rings (SSSR count). The third-order valence-electron chi connectivity index (χ3n) is 2.86. The summed E-state index contributed by atoms with van der Waals surface area (Å²) in [6.45, 7) is 1.54. The summed E-state index contributed by atoms with van der Waals surface area (Å²) >= 11 is 0. The van der Waals surface area contributed by atoms with Gasteiger partial charge in [-0.05, 0) is 12.8 Å². The number of carbonyl (C=O) groups excluding carboxylic acids is 2. The normalized spacial score (nSPS) is 9.78. The molecular formula is C12H26N4O2. The number of nitrogens with zero attached hydrogens (tertiary/aromatic N) is 2. The van der Waals surface area contributed by atoms with Gasteiger partial charge in [-0.15, -0.1) is 0 Å². The maximum absolute atomic E-state index is 11.2. The van der Waals surface area contributed by atoms with Gasteiger partial charge in [0.1, 0.15) is 0 Å². The lowest BCUT2D eigenvalue weighted by Gasteiger charge is -2.17. The first-order chi connectivity index (χ1) is 8.52. The lowest BCUT2D eigenvalue weighted by molar-refractivity contribution is 0.207. The van der Waals surface area contributed by atoms with E-state index < -0.39 is 0 Å². The lowest BCUT2D eigenvalue weighted by Crippen LogP contribution is -2.35. The Bertz CT molecular complexity index is 232. The lowest BCUT2D eigenvalue weighted by atomic mass is 10.2. The van der Waals surface area contributed by atoms with Crippen molar-refractivity contribution in [3.63, 3.8) is 0 Å². The minimum Gasteiger partial charge on any atom is -0.341 e. The van der Waals surface area contributed by atoms with E-state index in [1.54, 1.807) is 38.0 Å². The fraction of sp³-hybridized carbons (Fsp3) is 0.833. The standard InChI is InChI=1S/C12H26N4O2/c1-13-11(17)15(3)9-7-5-6-8-10-16(4)12(18)14-2/h5-10H2,1-4H3,(H,13,17)(H,14,18). The number of amides is 4. The molecule has 18 heavy (non-hydrogen) atoms. The van der Waals surface area contributed by atoms with E-state index in [0.29, 0.717) is 0 Å². The van der Waals surface area contributed by atoms with Crippen molar-refractivity contribution < 1.29 is 9.59 Å². The van der Waals surface area contributed by atoms with Crippen LogP contribution in [0.1, 0.15) is 25.7 Å². The zero-order valence-corrected chi connectivity index (χ0v) is 12.0. The average Bonchev–Trinajstić information content (AvgIpc) is 2.39. The first kappa shape index (κ1) is 16.5. The third-order valence-corrected chi connectivity index (χ3v) is 2.86. The van der Waals surface area contributed by atoms with Crippen molar-refractivity contribution in [2.75, 3.05) is 41.3 Å². The minimum atomic E-state index is -0.0469. The van der Waals surface area contributed by atoms with Gasteiger partial charge >= 0.3 is 12.1 Å². The van der Waals surface area contributed by atoms with Gasteiger partial charge in [0, 0.05) is 41.3 Å². The summed E-state index contributed by atoms with van der Waals surface area (Å²) in [6, 6.07) is -0.0938. The number of carbonyl (C=O) groups is 2. The Balaban J connectivity index is 3.46. The van der Waals surface area contributed by atoms with Gasteiger partial charge in [-0.2, -0.15) is 0 Å². The molecule has 0 atom stereocenters. The smallest absolute Gasteiger partial charge is 0.316 e. The largest absolute Gasteiger partial charge is 0.341 e. The van der Waals surface area contributed by atoms with Gasteiger partial charge in [0.25, 0.3) is 0 Å². The molecule has 0 aromatic rings. The summed E-state index contributed by atoms with van der Waals surface area (Å²) < 4.78 is 0. The first-order valence-electron chi connectivity index (χ1n) is 6.38. The second kappa shape index (κ2) is 9.56. The number of unbranched alkanes of at least 4 members (excludes halogenated alkanes) is 3. The summed E-state index contributed by atoms with van der Waals surface area (Å²) in [6.07, 6.45) is 4.13. The van der Waals surface area contributed by atoms with Crippen LogP contribution in [0.25, 0.3) is 0 Å². The molecule has 0 spiro atoms. The van der Waals surface area contributed by atoms with E-state index >= 15 is 0 Å². The van der Waals surface area contributed by atoms with Crippen LogP contribution >= 0.6 is 0 Å². The second-order valence-corrected chi connectivity index (χ2v) is 4.37. The van der Waals surface area contributed by atoms with Crippen LogP contribution in [0.15, 0.2) is 0 Å². The van der Waals surface area contributed by atoms with Crippen molar-refractivity contribution in [3.05, 3.63) is 0 Å². The molecule has 0 bridgehead atoms. The Morgan fingerprint density at radius 2 is 1.11 bits per heavy atom. The summed E-state index contributed by atoms with van der Waals surface area (Å²) in [4.78, 5) is 25.7. The Morgan fingerprint density at radius 3 is 1.39 bits per heavy atom. The molecule has 0 saturated carbocycles. The van der Waals surface area contributed by atoms with Gasteiger partial charge < -0.3 is 20.4 Å². The maximum atomic E-state index is 11.2. The monoisotopic (exact) mass is 258 g/mol. The van der Waals surface area contributed by atoms with Crippen LogP contribution in [-0.2, 0) is 0 Å². The van der Waals surface area contributed by atoms with Crippen LogP contribution in [0.3, 0.4) is 0 Å². The van der Waals surface area contributed by atoms with Crippen molar-refractivity contribution in [2.45, 2.75) is 25.7 Å². The summed E-state index contributed by atoms with van der Waals surface area (Å²) in [7, 11) is 6.84. The molecule has 0 aromatic carbocycles. The van der Waals surface area contributed by atoms with Crippen molar-refractivity contribution in [1.82, 2.24) is 20.4 Å². The Hall–Kier alpha value is -1.46. The highest BCUT2D eigenvalue weighted by atomic mass is 16.2. The predicted octanol–water partition coefficient (Wildman–Crippen LogP) is 1.09. The molecule has 0 unspecified atom stereocenters. The van der Waals surface area contributed by atoms with Gasteiger partial charge in [-0.3, -0.25) is 0 Å². The number of hydrogen-bond acceptors (Lipinski definition) is 2. The molecule has 0 aliphatic carbocycles. The molecule has 4 amide bonds. The Labute approximate surface area is 110 Å². The maximum Gasteiger partial charge on any atom is 0.316 e. The second-order valence-electron chi connectivity index (χ2n) is 4.37. The van der Waals surface area contributed by atoms with Crippen LogP contribution in [0.4, 0.5) is 9.59 Å². The number of rotatable bonds is 7. The quantitative estimate of drug-likeness (QED) is 0.671. The molecule has 6 nitrogen and oxygen atoms in total. The van der Waals surface area contributed by atoms with Crippen LogP contribution in [0, 0.1) is 0 Å². The molecule has 0 fully saturated rings. The molecule has 106 valence electrons. The number of nitrogens with one attached hydrogen (secondary N) is 2. The van der Waals surface area contributed by atoms with Crippen LogP contribution in [0.2, 0.25) is 0 Å². The molecule has 0 aromatic heterocycles. The molecule has 2 N–H and O–H groups in total. The molecule has 0 radical (unpaired) electrons. The van der Waals surface area contributed by atoms with Crippen molar-refractivity contribution >= 4 is 12.1 Å². The fourth-order valence-electron chi connectivity index (χ4n) is 1.64. The third kappa shape index (κ3) is 6.98. The molecule has 0 aliphatic rings. The fourth-order valence-corrected chi connectivity index (χ4v) is 1.64. The Morgan fingerprint density at radius 1 is 0.778 bits per heavy atom. The van der Waals surface area contributed by atoms with Gasteiger partial charge in [0.15, 0.2) is 0 Å². The molecule has 6 heteroatoms.